The molecule has 1 saturated carbocycles. The van der Waals surface area contributed by atoms with Crippen LogP contribution < -0.4 is 5.32 Å². The molecular formula is C24H24ClN5OS. The van der Waals surface area contributed by atoms with Crippen molar-refractivity contribution < 1.29 is 4.79 Å². The first-order valence-electron chi connectivity index (χ1n) is 10.6. The van der Waals surface area contributed by atoms with Crippen LogP contribution in [0.2, 0.25) is 5.02 Å². The van der Waals surface area contributed by atoms with Gasteiger partial charge in [-0.2, -0.15) is 5.26 Å². The first kappa shape index (κ1) is 22.4. The van der Waals surface area contributed by atoms with Crippen LogP contribution in [0.15, 0.2) is 53.7 Å². The van der Waals surface area contributed by atoms with Crippen molar-refractivity contribution in [1.82, 2.24) is 20.1 Å². The van der Waals surface area contributed by atoms with Crippen molar-refractivity contribution in [3.8, 4) is 23.1 Å². The number of carbonyl (C=O) groups is 1. The fraction of sp³-hybridized carbons (Fsp3) is 0.333. The van der Waals surface area contributed by atoms with Gasteiger partial charge in [-0.1, -0.05) is 66.4 Å². The maximum Gasteiger partial charge on any atom is 0.231 e. The number of halogens is 1. The van der Waals surface area contributed by atoms with Gasteiger partial charge in [0.2, 0.25) is 5.91 Å². The van der Waals surface area contributed by atoms with Gasteiger partial charge in [-0.3, -0.25) is 9.36 Å². The Balaban J connectivity index is 1.59. The molecule has 2 aromatic carbocycles. The van der Waals surface area contributed by atoms with Crippen LogP contribution in [0.3, 0.4) is 0 Å². The number of nitrogens with zero attached hydrogens (tertiary/aromatic N) is 4. The zero-order chi connectivity index (χ0) is 22.6. The second-order valence-electron chi connectivity index (χ2n) is 8.08. The van der Waals surface area contributed by atoms with E-state index in [2.05, 4.69) is 27.6 Å². The summed E-state index contributed by atoms with van der Waals surface area (Å²) in [6.07, 6.45) is 4.45. The number of aryl methyl sites for hydroxylation is 1. The largest absolute Gasteiger partial charge is 0.337 e. The van der Waals surface area contributed by atoms with Gasteiger partial charge < -0.3 is 5.32 Å². The van der Waals surface area contributed by atoms with Crippen LogP contribution in [0.25, 0.3) is 17.1 Å². The Hall–Kier alpha value is -2.82. The van der Waals surface area contributed by atoms with Crippen molar-refractivity contribution >= 4 is 29.3 Å². The molecule has 1 aliphatic rings. The van der Waals surface area contributed by atoms with E-state index < -0.39 is 5.54 Å². The van der Waals surface area contributed by atoms with E-state index in [1.165, 1.54) is 11.8 Å². The third-order valence-corrected chi connectivity index (χ3v) is 6.81. The molecule has 32 heavy (non-hydrogen) atoms. The fourth-order valence-corrected chi connectivity index (χ4v) is 4.89. The van der Waals surface area contributed by atoms with E-state index in [1.54, 1.807) is 0 Å². The minimum atomic E-state index is -0.744. The zero-order valence-corrected chi connectivity index (χ0v) is 19.4. The Labute approximate surface area is 197 Å². The van der Waals surface area contributed by atoms with Crippen molar-refractivity contribution in [3.05, 3.63) is 59.1 Å². The van der Waals surface area contributed by atoms with Gasteiger partial charge in [-0.15, -0.1) is 10.2 Å². The van der Waals surface area contributed by atoms with E-state index >= 15 is 0 Å². The van der Waals surface area contributed by atoms with Crippen LogP contribution in [0.1, 0.15) is 37.7 Å². The van der Waals surface area contributed by atoms with Crippen molar-refractivity contribution in [3.63, 3.8) is 0 Å². The molecule has 0 radical (unpaired) electrons. The average molecular weight is 466 g/mol. The summed E-state index contributed by atoms with van der Waals surface area (Å²) in [5.41, 5.74) is 2.18. The number of aromatic nitrogens is 3. The Kier molecular flexibility index (Phi) is 6.83. The minimum Gasteiger partial charge on any atom is -0.337 e. The number of benzene rings is 2. The number of hydrogen-bond acceptors (Lipinski definition) is 5. The lowest BCUT2D eigenvalue weighted by Crippen LogP contribution is -2.49. The Morgan fingerprint density at radius 1 is 1.19 bits per heavy atom. The predicted octanol–water partition coefficient (Wildman–Crippen LogP) is 5.33. The van der Waals surface area contributed by atoms with E-state index in [0.717, 1.165) is 36.1 Å². The first-order valence-corrected chi connectivity index (χ1v) is 12.0. The Morgan fingerprint density at radius 3 is 2.62 bits per heavy atom. The molecule has 0 atom stereocenters. The smallest absolute Gasteiger partial charge is 0.231 e. The lowest BCUT2D eigenvalue weighted by Gasteiger charge is -2.31. The highest BCUT2D eigenvalue weighted by atomic mass is 35.5. The number of nitrogens with one attached hydrogen (secondary N) is 1. The third-order valence-electron chi connectivity index (χ3n) is 5.63. The fourth-order valence-electron chi connectivity index (χ4n) is 4.01. The predicted molar refractivity (Wildman–Crippen MR) is 127 cm³/mol. The molecule has 0 aliphatic heterocycles. The van der Waals surface area contributed by atoms with Gasteiger partial charge in [0.05, 0.1) is 11.8 Å². The number of thioether (sulfide) groups is 1. The summed E-state index contributed by atoms with van der Waals surface area (Å²) in [5, 5.41) is 22.6. The van der Waals surface area contributed by atoms with Crippen LogP contribution in [0.4, 0.5) is 0 Å². The SMILES string of the molecule is Cc1cccc(-c2nnc(SCC(=O)NC3(C#N)CCCCC3)n2-c2ccc(Cl)cc2)c1. The molecule has 0 bridgehead atoms. The topological polar surface area (TPSA) is 83.6 Å². The summed E-state index contributed by atoms with van der Waals surface area (Å²) in [6.45, 7) is 2.03. The highest BCUT2D eigenvalue weighted by molar-refractivity contribution is 7.99. The number of nitriles is 1. The van der Waals surface area contributed by atoms with E-state index in [-0.39, 0.29) is 11.7 Å². The van der Waals surface area contributed by atoms with Crippen molar-refractivity contribution in [2.75, 3.05) is 5.75 Å². The molecule has 1 amide bonds. The molecule has 8 heteroatoms. The quantitative estimate of drug-likeness (QED) is 0.497. The van der Waals surface area contributed by atoms with Gasteiger partial charge in [0.1, 0.15) is 5.54 Å². The van der Waals surface area contributed by atoms with Crippen molar-refractivity contribution in [2.24, 2.45) is 0 Å². The molecule has 1 aliphatic carbocycles. The number of amides is 1. The molecule has 6 nitrogen and oxygen atoms in total. The Bertz CT molecular complexity index is 1150. The zero-order valence-electron chi connectivity index (χ0n) is 17.8. The van der Waals surface area contributed by atoms with E-state index in [4.69, 9.17) is 11.6 Å². The first-order chi connectivity index (χ1) is 15.5. The molecule has 1 aromatic heterocycles. The highest BCUT2D eigenvalue weighted by Gasteiger charge is 2.33. The van der Waals surface area contributed by atoms with Gasteiger partial charge in [-0.05, 0) is 50.1 Å². The molecule has 3 aromatic rings. The minimum absolute atomic E-state index is 0.156. The van der Waals surface area contributed by atoms with Crippen molar-refractivity contribution in [2.45, 2.75) is 49.7 Å². The van der Waals surface area contributed by atoms with Gasteiger partial charge in [0.15, 0.2) is 11.0 Å². The molecule has 1 heterocycles. The molecule has 4 rings (SSSR count). The average Bonchev–Trinajstić information content (AvgIpc) is 3.23. The molecule has 164 valence electrons. The lowest BCUT2D eigenvalue weighted by atomic mass is 9.83. The second-order valence-corrected chi connectivity index (χ2v) is 9.46. The summed E-state index contributed by atoms with van der Waals surface area (Å²) in [4.78, 5) is 12.7. The summed E-state index contributed by atoms with van der Waals surface area (Å²) < 4.78 is 1.93. The van der Waals surface area contributed by atoms with Gasteiger partial charge in [0.25, 0.3) is 0 Å². The van der Waals surface area contributed by atoms with Gasteiger partial charge in [0, 0.05) is 16.3 Å². The van der Waals surface area contributed by atoms with Crippen LogP contribution in [-0.2, 0) is 4.79 Å². The monoisotopic (exact) mass is 465 g/mol. The number of hydrogen-bond donors (Lipinski definition) is 1. The van der Waals surface area contributed by atoms with E-state index in [0.29, 0.717) is 28.8 Å². The van der Waals surface area contributed by atoms with Crippen molar-refractivity contribution in [1.29, 1.82) is 5.26 Å². The van der Waals surface area contributed by atoms with E-state index in [9.17, 15) is 10.1 Å². The summed E-state index contributed by atoms with van der Waals surface area (Å²) in [6, 6.07) is 17.8. The molecule has 0 saturated heterocycles. The molecule has 0 spiro atoms. The third kappa shape index (κ3) is 4.98. The Morgan fingerprint density at radius 2 is 1.94 bits per heavy atom. The van der Waals surface area contributed by atoms with Crippen LogP contribution in [0.5, 0.6) is 0 Å². The summed E-state index contributed by atoms with van der Waals surface area (Å²) in [5.74, 6) is 0.684. The lowest BCUT2D eigenvalue weighted by molar-refractivity contribution is -0.120. The molecule has 1 N–H and O–H groups in total. The van der Waals surface area contributed by atoms with E-state index in [1.807, 2.05) is 54.0 Å². The number of rotatable bonds is 6. The maximum absolute atomic E-state index is 12.7. The molecule has 0 unspecified atom stereocenters. The number of carbonyl (C=O) groups excluding carboxylic acids is 1. The molecular weight excluding hydrogens is 442 g/mol. The van der Waals surface area contributed by atoms with Gasteiger partial charge >= 0.3 is 0 Å². The highest BCUT2D eigenvalue weighted by Crippen LogP contribution is 2.30. The maximum atomic E-state index is 12.7. The summed E-state index contributed by atoms with van der Waals surface area (Å²) >= 11 is 7.39. The standard InChI is InChI=1S/C24H24ClN5OS/c1-17-6-5-7-18(14-17)22-28-29-23(30(22)20-10-8-19(25)9-11-20)32-15-21(31)27-24(16-26)12-3-2-4-13-24/h5-11,14H,2-4,12-13,15H2,1H3,(H,27,31). The van der Waals surface area contributed by atoms with Gasteiger partial charge in [-0.25, -0.2) is 0 Å². The normalized spacial score (nSPS) is 15.2. The summed E-state index contributed by atoms with van der Waals surface area (Å²) in [7, 11) is 0. The van der Waals surface area contributed by atoms with Crippen LogP contribution in [-0.4, -0.2) is 32.0 Å². The second kappa shape index (κ2) is 9.76. The van der Waals surface area contributed by atoms with Crippen LogP contribution in [0, 0.1) is 18.3 Å². The molecule has 1 fully saturated rings. The van der Waals surface area contributed by atoms with Crippen LogP contribution >= 0.6 is 23.4 Å².